The Morgan fingerprint density at radius 1 is 1.17 bits per heavy atom. The van der Waals surface area contributed by atoms with Crippen LogP contribution in [0.15, 0.2) is 24.3 Å². The summed E-state index contributed by atoms with van der Waals surface area (Å²) in [6, 6.07) is 7.66. The zero-order valence-corrected chi connectivity index (χ0v) is 14.7. The van der Waals surface area contributed by atoms with Gasteiger partial charge in [-0.25, -0.2) is 8.42 Å². The summed E-state index contributed by atoms with van der Waals surface area (Å²) in [6.07, 6.45) is 1.18. The van der Waals surface area contributed by atoms with Crippen LogP contribution in [0.25, 0.3) is 0 Å². The van der Waals surface area contributed by atoms with Crippen LogP contribution in [0.4, 0.5) is 5.69 Å². The zero-order chi connectivity index (χ0) is 17.4. The molecule has 0 radical (unpaired) electrons. The highest BCUT2D eigenvalue weighted by Crippen LogP contribution is 2.28. The Hall–Kier alpha value is -1.48. The second-order valence-corrected chi connectivity index (χ2v) is 8.42. The molecule has 2 heterocycles. The lowest BCUT2D eigenvalue weighted by molar-refractivity contribution is -0.145. The van der Waals surface area contributed by atoms with Crippen LogP contribution in [0.3, 0.4) is 0 Å². The average molecular weight is 354 g/mol. The van der Waals surface area contributed by atoms with Crippen molar-refractivity contribution in [2.24, 2.45) is 0 Å². The van der Waals surface area contributed by atoms with Crippen molar-refractivity contribution in [2.45, 2.75) is 12.5 Å². The summed E-state index contributed by atoms with van der Waals surface area (Å²) in [5.41, 5.74) is 1.04. The maximum Gasteiger partial charge on any atom is 0.253 e. The van der Waals surface area contributed by atoms with E-state index < -0.39 is 15.6 Å². The van der Waals surface area contributed by atoms with Crippen molar-refractivity contribution in [3.05, 3.63) is 29.8 Å². The molecule has 0 N–H and O–H groups in total. The molecular formula is C16H22N2O5S. The predicted octanol–water partition coefficient (Wildman–Crippen LogP) is 0.389. The van der Waals surface area contributed by atoms with Crippen molar-refractivity contribution in [3.63, 3.8) is 0 Å². The second-order valence-electron chi connectivity index (χ2n) is 6.44. The van der Waals surface area contributed by atoms with Crippen LogP contribution in [-0.4, -0.2) is 69.9 Å². The molecule has 2 saturated heterocycles. The molecule has 0 aromatic heterocycles. The number of hydrogen-bond acceptors (Lipinski definition) is 5. The zero-order valence-electron chi connectivity index (χ0n) is 13.9. The number of nitrogens with zero attached hydrogens (tertiary/aromatic N) is 2. The van der Waals surface area contributed by atoms with E-state index in [9.17, 15) is 13.2 Å². The molecule has 1 aromatic rings. The van der Waals surface area contributed by atoms with Gasteiger partial charge in [0.1, 0.15) is 12.2 Å². The Kier molecular flexibility index (Phi) is 4.65. The van der Waals surface area contributed by atoms with Gasteiger partial charge in [0.25, 0.3) is 5.91 Å². The Morgan fingerprint density at radius 3 is 2.54 bits per heavy atom. The Balaban J connectivity index is 1.87. The summed E-state index contributed by atoms with van der Waals surface area (Å²) in [7, 11) is -3.36. The van der Waals surface area contributed by atoms with Crippen molar-refractivity contribution >= 4 is 21.6 Å². The first-order valence-electron chi connectivity index (χ1n) is 7.83. The normalized spacial score (nSPS) is 26.6. The van der Waals surface area contributed by atoms with E-state index in [1.807, 2.05) is 31.2 Å². The van der Waals surface area contributed by atoms with Crippen LogP contribution in [0.1, 0.15) is 5.56 Å². The summed E-state index contributed by atoms with van der Waals surface area (Å²) in [5.74, 6) is -0.139. The molecule has 0 unspecified atom stereocenters. The van der Waals surface area contributed by atoms with E-state index in [1.165, 1.54) is 10.6 Å². The topological polar surface area (TPSA) is 76.2 Å². The lowest BCUT2D eigenvalue weighted by Gasteiger charge is -2.42. The van der Waals surface area contributed by atoms with E-state index in [1.54, 1.807) is 4.90 Å². The first-order chi connectivity index (χ1) is 11.3. The molecule has 24 heavy (non-hydrogen) atoms. The summed E-state index contributed by atoms with van der Waals surface area (Å²) in [6.45, 7) is 3.21. The SMILES string of the molecule is Cc1ccc(N2C[C@]3(COCCN(S(C)(=O)=O)C3)OCC2=O)cc1. The van der Waals surface area contributed by atoms with Gasteiger partial charge in [-0.15, -0.1) is 0 Å². The van der Waals surface area contributed by atoms with Crippen molar-refractivity contribution in [3.8, 4) is 0 Å². The fourth-order valence-corrected chi connectivity index (χ4v) is 3.89. The molecule has 1 atom stereocenters. The molecule has 1 amide bonds. The van der Waals surface area contributed by atoms with Crippen LogP contribution < -0.4 is 4.90 Å². The van der Waals surface area contributed by atoms with Crippen molar-refractivity contribution in [2.75, 3.05) is 50.6 Å². The maximum absolute atomic E-state index is 12.3. The number of rotatable bonds is 2. The van der Waals surface area contributed by atoms with Gasteiger partial charge in [-0.3, -0.25) is 4.79 Å². The van der Waals surface area contributed by atoms with Crippen LogP contribution in [0.5, 0.6) is 0 Å². The quantitative estimate of drug-likeness (QED) is 0.768. The number of morpholine rings is 1. The van der Waals surface area contributed by atoms with Gasteiger partial charge in [0.05, 0.1) is 26.0 Å². The van der Waals surface area contributed by atoms with Gasteiger partial charge in [0.15, 0.2) is 0 Å². The minimum absolute atomic E-state index is 0.0885. The van der Waals surface area contributed by atoms with Crippen molar-refractivity contribution < 1.29 is 22.7 Å². The molecule has 7 nitrogen and oxygen atoms in total. The first-order valence-corrected chi connectivity index (χ1v) is 9.68. The lowest BCUT2D eigenvalue weighted by Crippen LogP contribution is -2.61. The van der Waals surface area contributed by atoms with E-state index in [0.29, 0.717) is 13.2 Å². The van der Waals surface area contributed by atoms with Crippen LogP contribution in [-0.2, 0) is 24.3 Å². The molecule has 0 saturated carbocycles. The fourth-order valence-electron chi connectivity index (χ4n) is 3.01. The van der Waals surface area contributed by atoms with Gasteiger partial charge < -0.3 is 14.4 Å². The number of ether oxygens (including phenoxy) is 2. The van der Waals surface area contributed by atoms with Gasteiger partial charge in [-0.1, -0.05) is 17.7 Å². The molecule has 0 aliphatic carbocycles. The molecule has 8 heteroatoms. The number of anilines is 1. The average Bonchev–Trinajstić information content (AvgIpc) is 2.74. The van der Waals surface area contributed by atoms with E-state index in [0.717, 1.165) is 11.3 Å². The Labute approximate surface area is 142 Å². The molecule has 1 spiro atoms. The highest BCUT2D eigenvalue weighted by molar-refractivity contribution is 7.88. The summed E-state index contributed by atoms with van der Waals surface area (Å²) >= 11 is 0. The maximum atomic E-state index is 12.3. The van der Waals surface area contributed by atoms with E-state index in [-0.39, 0.29) is 32.2 Å². The van der Waals surface area contributed by atoms with Gasteiger partial charge in [-0.2, -0.15) is 4.31 Å². The molecule has 2 aliphatic rings. The highest BCUT2D eigenvalue weighted by atomic mass is 32.2. The smallest absolute Gasteiger partial charge is 0.253 e. The van der Waals surface area contributed by atoms with Gasteiger partial charge >= 0.3 is 0 Å². The van der Waals surface area contributed by atoms with Gasteiger partial charge in [-0.05, 0) is 19.1 Å². The van der Waals surface area contributed by atoms with Crippen molar-refractivity contribution in [1.82, 2.24) is 4.31 Å². The first kappa shape index (κ1) is 17.3. The number of sulfonamides is 1. The summed E-state index contributed by atoms with van der Waals surface area (Å²) in [4.78, 5) is 13.9. The van der Waals surface area contributed by atoms with Crippen LogP contribution >= 0.6 is 0 Å². The largest absolute Gasteiger partial charge is 0.377 e. The predicted molar refractivity (Wildman–Crippen MR) is 89.5 cm³/mol. The molecular weight excluding hydrogens is 332 g/mol. The Bertz CT molecular complexity index is 718. The number of carbonyl (C=O) groups excluding carboxylic acids is 1. The molecule has 0 bridgehead atoms. The van der Waals surface area contributed by atoms with Crippen molar-refractivity contribution in [1.29, 1.82) is 0 Å². The number of benzene rings is 1. The minimum atomic E-state index is -3.36. The number of carbonyl (C=O) groups is 1. The molecule has 2 fully saturated rings. The van der Waals surface area contributed by atoms with Gasteiger partial charge in [0.2, 0.25) is 10.0 Å². The second kappa shape index (κ2) is 6.44. The molecule has 2 aliphatic heterocycles. The summed E-state index contributed by atoms with van der Waals surface area (Å²) < 4.78 is 36.6. The Morgan fingerprint density at radius 2 is 1.88 bits per heavy atom. The van der Waals surface area contributed by atoms with Crippen LogP contribution in [0.2, 0.25) is 0 Å². The number of hydrogen-bond donors (Lipinski definition) is 0. The van der Waals surface area contributed by atoms with Gasteiger partial charge in [0, 0.05) is 18.8 Å². The lowest BCUT2D eigenvalue weighted by atomic mass is 10.0. The fraction of sp³-hybridized carbons (Fsp3) is 0.562. The third kappa shape index (κ3) is 3.61. The monoisotopic (exact) mass is 354 g/mol. The standard InChI is InChI=1S/C16H22N2O5S/c1-13-3-5-14(6-4-13)18-11-16(23-9-15(18)19)10-17(24(2,20)21)7-8-22-12-16/h3-6H,7-12H2,1-2H3/t16-/m1/s1. The minimum Gasteiger partial charge on any atom is -0.377 e. The van der Waals surface area contributed by atoms with E-state index in [2.05, 4.69) is 0 Å². The number of amides is 1. The van der Waals surface area contributed by atoms with E-state index >= 15 is 0 Å². The highest BCUT2D eigenvalue weighted by Gasteiger charge is 2.44. The number of aryl methyl sites for hydroxylation is 1. The third-order valence-electron chi connectivity index (χ3n) is 4.38. The molecule has 1 aromatic carbocycles. The molecule has 3 rings (SSSR count). The van der Waals surface area contributed by atoms with E-state index in [4.69, 9.17) is 9.47 Å². The third-order valence-corrected chi connectivity index (χ3v) is 5.63. The summed E-state index contributed by atoms with van der Waals surface area (Å²) in [5, 5.41) is 0. The van der Waals surface area contributed by atoms with Crippen LogP contribution in [0, 0.1) is 6.92 Å². The molecule has 132 valence electrons.